The molecule has 1 aromatic carbocycles. The summed E-state index contributed by atoms with van der Waals surface area (Å²) in [5.41, 5.74) is 0.918. The van der Waals surface area contributed by atoms with Crippen LogP contribution in [0.3, 0.4) is 0 Å². The second-order valence-corrected chi connectivity index (χ2v) is 3.88. The minimum Gasteiger partial charge on any atom is -0.447 e. The van der Waals surface area contributed by atoms with E-state index in [1.165, 1.54) is 6.08 Å². The number of ether oxygens (including phenoxy) is 1. The van der Waals surface area contributed by atoms with Gasteiger partial charge in [0.2, 0.25) is 0 Å². The molecule has 0 saturated carbocycles. The third-order valence-electron chi connectivity index (χ3n) is 2.54. The summed E-state index contributed by atoms with van der Waals surface area (Å²) in [4.78, 5) is 24.2. The molecule has 0 radical (unpaired) electrons. The van der Waals surface area contributed by atoms with Gasteiger partial charge in [0.05, 0.1) is 6.04 Å². The lowest BCUT2D eigenvalue weighted by Gasteiger charge is -2.12. The topological polar surface area (TPSA) is 46.6 Å². The van der Waals surface area contributed by atoms with E-state index in [-0.39, 0.29) is 18.6 Å². The maximum Gasteiger partial charge on any atom is 0.417 e. The summed E-state index contributed by atoms with van der Waals surface area (Å²) < 4.78 is 4.78. The van der Waals surface area contributed by atoms with E-state index in [2.05, 4.69) is 0 Å². The first kappa shape index (κ1) is 11.4. The Kier molecular flexibility index (Phi) is 3.23. The molecule has 4 nitrogen and oxygen atoms in total. The predicted molar refractivity (Wildman–Crippen MR) is 63.1 cm³/mol. The highest BCUT2D eigenvalue weighted by atomic mass is 16.6. The van der Waals surface area contributed by atoms with E-state index in [9.17, 15) is 9.59 Å². The molecule has 2 amide bonds. The van der Waals surface area contributed by atoms with Crippen molar-refractivity contribution in [2.45, 2.75) is 13.0 Å². The highest BCUT2D eigenvalue weighted by Crippen LogP contribution is 2.13. The molecule has 2 rings (SSSR count). The molecule has 1 aromatic rings. The van der Waals surface area contributed by atoms with Crippen molar-refractivity contribution < 1.29 is 14.3 Å². The number of carbonyl (C=O) groups is 2. The zero-order valence-electron chi connectivity index (χ0n) is 9.50. The molecule has 1 aliphatic rings. The predicted octanol–water partition coefficient (Wildman–Crippen LogP) is 2.07. The van der Waals surface area contributed by atoms with Gasteiger partial charge in [-0.1, -0.05) is 30.3 Å². The number of cyclic esters (lactones) is 1. The summed E-state index contributed by atoms with van der Waals surface area (Å²) in [6.45, 7) is 2.04. The Morgan fingerprint density at radius 1 is 1.41 bits per heavy atom. The number of rotatable bonds is 2. The molecule has 1 fully saturated rings. The van der Waals surface area contributed by atoms with E-state index in [1.807, 2.05) is 30.3 Å². The lowest BCUT2D eigenvalue weighted by atomic mass is 10.2. The Hall–Kier alpha value is -2.10. The molecule has 0 aromatic heterocycles. The Morgan fingerprint density at radius 3 is 2.71 bits per heavy atom. The molecular weight excluding hydrogens is 218 g/mol. The van der Waals surface area contributed by atoms with Crippen LogP contribution in [0.25, 0.3) is 6.08 Å². The average Bonchev–Trinajstić information content (AvgIpc) is 2.67. The van der Waals surface area contributed by atoms with E-state index in [4.69, 9.17) is 4.74 Å². The number of benzene rings is 1. The third kappa shape index (κ3) is 2.53. The molecule has 0 spiro atoms. The van der Waals surface area contributed by atoms with Crippen LogP contribution in [0.4, 0.5) is 4.79 Å². The van der Waals surface area contributed by atoms with E-state index < -0.39 is 6.09 Å². The first-order valence-corrected chi connectivity index (χ1v) is 5.41. The molecule has 0 bridgehead atoms. The normalized spacial score (nSPS) is 19.7. The van der Waals surface area contributed by atoms with Gasteiger partial charge in [-0.2, -0.15) is 0 Å². The highest BCUT2D eigenvalue weighted by molar-refractivity contribution is 6.01. The van der Waals surface area contributed by atoms with Crippen LogP contribution in [-0.2, 0) is 9.53 Å². The SMILES string of the molecule is C[C@@H]1COC(=O)N1C(=O)/C=C\c1ccccc1. The molecule has 4 heteroatoms. The molecule has 88 valence electrons. The fourth-order valence-corrected chi connectivity index (χ4v) is 1.64. The van der Waals surface area contributed by atoms with Gasteiger partial charge in [0.15, 0.2) is 0 Å². The van der Waals surface area contributed by atoms with Crippen molar-refractivity contribution >= 4 is 18.1 Å². The summed E-state index contributed by atoms with van der Waals surface area (Å²) in [6, 6.07) is 9.24. The standard InChI is InChI=1S/C13H13NO3/c1-10-9-17-13(16)14(10)12(15)8-7-11-5-3-2-4-6-11/h2-8,10H,9H2,1H3/b8-7-/t10-/m1/s1. The van der Waals surface area contributed by atoms with Gasteiger partial charge in [0.1, 0.15) is 6.61 Å². The largest absolute Gasteiger partial charge is 0.447 e. The van der Waals surface area contributed by atoms with Crippen molar-refractivity contribution in [1.29, 1.82) is 0 Å². The Balaban J connectivity index is 2.07. The molecule has 17 heavy (non-hydrogen) atoms. The number of carbonyl (C=O) groups excluding carboxylic acids is 2. The summed E-state index contributed by atoms with van der Waals surface area (Å²) >= 11 is 0. The van der Waals surface area contributed by atoms with Gasteiger partial charge in [0, 0.05) is 6.08 Å². The summed E-state index contributed by atoms with van der Waals surface area (Å²) in [7, 11) is 0. The quantitative estimate of drug-likeness (QED) is 0.732. The Morgan fingerprint density at radius 2 is 2.12 bits per heavy atom. The summed E-state index contributed by atoms with van der Waals surface area (Å²) in [5.74, 6) is -0.344. The van der Waals surface area contributed by atoms with Crippen LogP contribution in [-0.4, -0.2) is 29.5 Å². The van der Waals surface area contributed by atoms with Crippen molar-refractivity contribution in [3.63, 3.8) is 0 Å². The third-order valence-corrected chi connectivity index (χ3v) is 2.54. The maximum absolute atomic E-state index is 11.8. The molecule has 0 N–H and O–H groups in total. The molecule has 1 atom stereocenters. The van der Waals surface area contributed by atoms with Gasteiger partial charge in [-0.3, -0.25) is 4.79 Å². The lowest BCUT2D eigenvalue weighted by Crippen LogP contribution is -2.35. The molecule has 1 heterocycles. The number of hydrogen-bond acceptors (Lipinski definition) is 3. The van der Waals surface area contributed by atoms with Gasteiger partial charge >= 0.3 is 6.09 Å². The minimum absolute atomic E-state index is 0.199. The minimum atomic E-state index is -0.569. The van der Waals surface area contributed by atoms with E-state index in [0.717, 1.165) is 10.5 Å². The maximum atomic E-state index is 11.8. The molecule has 1 aliphatic heterocycles. The molecule has 1 saturated heterocycles. The van der Waals surface area contributed by atoms with Crippen LogP contribution in [0.5, 0.6) is 0 Å². The Bertz CT molecular complexity index is 453. The van der Waals surface area contributed by atoms with Crippen LogP contribution >= 0.6 is 0 Å². The Labute approximate surface area is 99.5 Å². The van der Waals surface area contributed by atoms with Crippen molar-refractivity contribution in [2.24, 2.45) is 0 Å². The van der Waals surface area contributed by atoms with Gasteiger partial charge in [-0.25, -0.2) is 9.69 Å². The fourth-order valence-electron chi connectivity index (χ4n) is 1.64. The summed E-state index contributed by atoms with van der Waals surface area (Å²) in [6.07, 6.45) is 2.50. The van der Waals surface area contributed by atoms with Crippen LogP contribution in [0, 0.1) is 0 Å². The molecule has 0 aliphatic carbocycles. The van der Waals surface area contributed by atoms with E-state index in [1.54, 1.807) is 13.0 Å². The van der Waals surface area contributed by atoms with Crippen molar-refractivity contribution in [3.05, 3.63) is 42.0 Å². The van der Waals surface area contributed by atoms with E-state index >= 15 is 0 Å². The van der Waals surface area contributed by atoms with Crippen LogP contribution in [0.1, 0.15) is 12.5 Å². The fraction of sp³-hybridized carbons (Fsp3) is 0.231. The van der Waals surface area contributed by atoms with Crippen LogP contribution in [0.15, 0.2) is 36.4 Å². The number of nitrogens with zero attached hydrogens (tertiary/aromatic N) is 1. The first-order chi connectivity index (χ1) is 8.18. The van der Waals surface area contributed by atoms with Crippen LogP contribution < -0.4 is 0 Å². The van der Waals surface area contributed by atoms with Crippen molar-refractivity contribution in [2.75, 3.05) is 6.61 Å². The van der Waals surface area contributed by atoms with E-state index in [0.29, 0.717) is 0 Å². The van der Waals surface area contributed by atoms with Crippen molar-refractivity contribution in [3.8, 4) is 0 Å². The molecular formula is C13H13NO3. The highest BCUT2D eigenvalue weighted by Gasteiger charge is 2.33. The van der Waals surface area contributed by atoms with Gasteiger partial charge in [-0.05, 0) is 18.6 Å². The van der Waals surface area contributed by atoms with Crippen molar-refractivity contribution in [1.82, 2.24) is 4.90 Å². The summed E-state index contributed by atoms with van der Waals surface area (Å²) in [5, 5.41) is 0. The second kappa shape index (κ2) is 4.82. The zero-order valence-corrected chi connectivity index (χ0v) is 9.50. The van der Waals surface area contributed by atoms with Gasteiger partial charge in [0.25, 0.3) is 5.91 Å². The zero-order chi connectivity index (χ0) is 12.3. The number of imide groups is 1. The van der Waals surface area contributed by atoms with Crippen LogP contribution in [0.2, 0.25) is 0 Å². The average molecular weight is 231 g/mol. The lowest BCUT2D eigenvalue weighted by molar-refractivity contribution is -0.123. The smallest absolute Gasteiger partial charge is 0.417 e. The van der Waals surface area contributed by atoms with Gasteiger partial charge in [-0.15, -0.1) is 0 Å². The second-order valence-electron chi connectivity index (χ2n) is 3.88. The first-order valence-electron chi connectivity index (χ1n) is 5.41. The monoisotopic (exact) mass is 231 g/mol. The number of hydrogen-bond donors (Lipinski definition) is 0. The molecule has 0 unspecified atom stereocenters. The van der Waals surface area contributed by atoms with Gasteiger partial charge < -0.3 is 4.74 Å². The number of amides is 2.